The lowest BCUT2D eigenvalue weighted by molar-refractivity contribution is -0.134. The van der Waals surface area contributed by atoms with Gasteiger partial charge in [-0.05, 0) is 41.6 Å². The summed E-state index contributed by atoms with van der Waals surface area (Å²) in [5, 5.41) is 8.18. The number of ether oxygens (including phenoxy) is 2. The Balaban J connectivity index is 1.56. The van der Waals surface area contributed by atoms with Crippen LogP contribution < -0.4 is 4.74 Å². The summed E-state index contributed by atoms with van der Waals surface area (Å²) in [4.78, 5) is 15.0. The summed E-state index contributed by atoms with van der Waals surface area (Å²) in [6.07, 6.45) is 0. The molecular weight excluding hydrogens is 390 g/mol. The Morgan fingerprint density at radius 1 is 1.07 bits per heavy atom. The number of carbonyl (C=O) groups excluding carboxylic acids is 1. The van der Waals surface area contributed by atoms with Crippen molar-refractivity contribution in [3.8, 4) is 17.2 Å². The van der Waals surface area contributed by atoms with Gasteiger partial charge in [-0.2, -0.15) is 0 Å². The van der Waals surface area contributed by atoms with Gasteiger partial charge in [0.1, 0.15) is 11.0 Å². The van der Waals surface area contributed by atoms with Gasteiger partial charge < -0.3 is 18.8 Å². The summed E-state index contributed by atoms with van der Waals surface area (Å²) < 4.78 is 16.4. The zero-order valence-corrected chi connectivity index (χ0v) is 16.8. The summed E-state index contributed by atoms with van der Waals surface area (Å²) in [6, 6.07) is 17.0. The number of morpholine rings is 1. The van der Waals surface area contributed by atoms with E-state index in [1.54, 1.807) is 7.11 Å². The van der Waals surface area contributed by atoms with E-state index in [1.165, 1.54) is 11.8 Å². The highest BCUT2D eigenvalue weighted by atomic mass is 32.2. The lowest BCUT2D eigenvalue weighted by Gasteiger charge is -2.29. The molecule has 0 radical (unpaired) electrons. The largest absolute Gasteiger partial charge is 0.497 e. The van der Waals surface area contributed by atoms with Crippen LogP contribution in [-0.4, -0.2) is 54.4 Å². The second-order valence-electron chi connectivity index (χ2n) is 6.45. The minimum atomic E-state index is -0.460. The number of nitrogens with zero attached hydrogens (tertiary/aromatic N) is 3. The molecule has 29 heavy (non-hydrogen) atoms. The van der Waals surface area contributed by atoms with Gasteiger partial charge in [0, 0.05) is 18.7 Å². The van der Waals surface area contributed by atoms with Crippen molar-refractivity contribution >= 4 is 17.7 Å². The van der Waals surface area contributed by atoms with E-state index in [0.29, 0.717) is 37.4 Å². The van der Waals surface area contributed by atoms with E-state index in [9.17, 15) is 4.79 Å². The number of benzene rings is 2. The molecule has 0 bridgehead atoms. The van der Waals surface area contributed by atoms with Crippen molar-refractivity contribution in [3.05, 3.63) is 60.2 Å². The van der Waals surface area contributed by atoms with Crippen LogP contribution in [0.15, 0.2) is 64.2 Å². The zero-order valence-electron chi connectivity index (χ0n) is 16.0. The van der Waals surface area contributed by atoms with Gasteiger partial charge >= 0.3 is 0 Å². The van der Waals surface area contributed by atoms with E-state index in [4.69, 9.17) is 13.9 Å². The molecule has 1 saturated heterocycles. The first-order valence-corrected chi connectivity index (χ1v) is 10.2. The molecule has 1 aromatic heterocycles. The second-order valence-corrected chi connectivity index (χ2v) is 7.50. The highest BCUT2D eigenvalue weighted by molar-refractivity contribution is 8.00. The highest BCUT2D eigenvalue weighted by Gasteiger charge is 2.30. The molecule has 0 saturated carbocycles. The summed E-state index contributed by atoms with van der Waals surface area (Å²) in [5.74, 6) is 1.18. The molecule has 1 aliphatic heterocycles. The topological polar surface area (TPSA) is 77.7 Å². The number of carbonyl (C=O) groups is 1. The average molecular weight is 411 g/mol. The molecule has 2 aromatic carbocycles. The number of aromatic nitrogens is 2. The Labute approximate surface area is 173 Å². The first-order valence-electron chi connectivity index (χ1n) is 9.30. The maximum Gasteiger partial charge on any atom is 0.277 e. The lowest BCUT2D eigenvalue weighted by Crippen LogP contribution is -2.42. The summed E-state index contributed by atoms with van der Waals surface area (Å²) in [6.45, 7) is 2.29. The zero-order chi connectivity index (χ0) is 20.1. The lowest BCUT2D eigenvalue weighted by atomic mass is 10.1. The summed E-state index contributed by atoms with van der Waals surface area (Å²) in [7, 11) is 1.62. The molecular formula is C21H21N3O4S. The monoisotopic (exact) mass is 411 g/mol. The van der Waals surface area contributed by atoms with Gasteiger partial charge in [0.25, 0.3) is 5.22 Å². The number of methoxy groups -OCH3 is 1. The van der Waals surface area contributed by atoms with Crippen molar-refractivity contribution in [2.45, 2.75) is 10.5 Å². The Kier molecular flexibility index (Phi) is 6.12. The molecule has 1 amide bonds. The van der Waals surface area contributed by atoms with E-state index >= 15 is 0 Å². The van der Waals surface area contributed by atoms with Crippen LogP contribution in [0.2, 0.25) is 0 Å². The Bertz CT molecular complexity index is 940. The molecule has 8 heteroatoms. The van der Waals surface area contributed by atoms with Gasteiger partial charge in [-0.15, -0.1) is 10.2 Å². The van der Waals surface area contributed by atoms with Crippen LogP contribution in [0.4, 0.5) is 0 Å². The molecule has 0 N–H and O–H groups in total. The minimum absolute atomic E-state index is 0.0219. The predicted molar refractivity (Wildman–Crippen MR) is 109 cm³/mol. The molecule has 0 unspecified atom stereocenters. The quantitative estimate of drug-likeness (QED) is 0.575. The smallest absolute Gasteiger partial charge is 0.277 e. The van der Waals surface area contributed by atoms with Crippen molar-refractivity contribution < 1.29 is 18.7 Å². The van der Waals surface area contributed by atoms with Crippen molar-refractivity contribution in [3.63, 3.8) is 0 Å². The molecule has 2 heterocycles. The molecule has 1 atom stereocenters. The van der Waals surface area contributed by atoms with Crippen molar-refractivity contribution in [2.75, 3.05) is 33.4 Å². The molecule has 150 valence electrons. The highest BCUT2D eigenvalue weighted by Crippen LogP contribution is 2.37. The Morgan fingerprint density at radius 2 is 1.79 bits per heavy atom. The molecule has 0 spiro atoms. The third-order valence-electron chi connectivity index (χ3n) is 4.61. The van der Waals surface area contributed by atoms with E-state index in [-0.39, 0.29) is 5.91 Å². The normalized spacial score (nSPS) is 15.1. The first kappa shape index (κ1) is 19.5. The fraction of sp³-hybridized carbons (Fsp3) is 0.286. The fourth-order valence-electron chi connectivity index (χ4n) is 3.05. The molecule has 1 aliphatic rings. The van der Waals surface area contributed by atoms with Gasteiger partial charge in [0.2, 0.25) is 11.8 Å². The number of rotatable bonds is 6. The predicted octanol–water partition coefficient (Wildman–Crippen LogP) is 3.44. The van der Waals surface area contributed by atoms with Crippen molar-refractivity contribution in [2.24, 2.45) is 0 Å². The van der Waals surface area contributed by atoms with Gasteiger partial charge in [-0.1, -0.05) is 30.3 Å². The van der Waals surface area contributed by atoms with E-state index in [0.717, 1.165) is 16.9 Å². The third kappa shape index (κ3) is 4.60. The Hall–Kier alpha value is -2.84. The van der Waals surface area contributed by atoms with E-state index < -0.39 is 5.25 Å². The molecule has 7 nitrogen and oxygen atoms in total. The van der Waals surface area contributed by atoms with Crippen molar-refractivity contribution in [1.29, 1.82) is 0 Å². The average Bonchev–Trinajstić information content (AvgIpc) is 3.27. The number of thioether (sulfide) groups is 1. The van der Waals surface area contributed by atoms with Crippen LogP contribution in [0.25, 0.3) is 11.5 Å². The van der Waals surface area contributed by atoms with Gasteiger partial charge in [0.05, 0.1) is 20.3 Å². The van der Waals surface area contributed by atoms with Crippen LogP contribution in [-0.2, 0) is 9.53 Å². The fourth-order valence-corrected chi connectivity index (χ4v) is 4.01. The Morgan fingerprint density at radius 3 is 2.48 bits per heavy atom. The van der Waals surface area contributed by atoms with Crippen LogP contribution in [0.5, 0.6) is 5.75 Å². The second kappa shape index (κ2) is 9.11. The van der Waals surface area contributed by atoms with E-state index in [2.05, 4.69) is 10.2 Å². The standard InChI is InChI=1S/C21H21N3O4S/c1-26-17-9-7-16(8-10-17)19-22-23-21(28-19)29-18(15-5-3-2-4-6-15)20(25)24-11-13-27-14-12-24/h2-10,18H,11-14H2,1H3/t18-/m0/s1. The maximum atomic E-state index is 13.2. The summed E-state index contributed by atoms with van der Waals surface area (Å²) in [5.41, 5.74) is 1.69. The number of hydrogen-bond acceptors (Lipinski definition) is 7. The van der Waals surface area contributed by atoms with E-state index in [1.807, 2.05) is 59.5 Å². The van der Waals surface area contributed by atoms with Crippen molar-refractivity contribution in [1.82, 2.24) is 15.1 Å². The molecule has 0 aliphatic carbocycles. The third-order valence-corrected chi connectivity index (χ3v) is 5.69. The van der Waals surface area contributed by atoms with Crippen LogP contribution in [0, 0.1) is 0 Å². The minimum Gasteiger partial charge on any atom is -0.497 e. The SMILES string of the molecule is COc1ccc(-c2nnc(S[C@H](C(=O)N3CCOCC3)c3ccccc3)o2)cc1. The van der Waals surface area contributed by atoms with Gasteiger partial charge in [-0.3, -0.25) is 4.79 Å². The molecule has 1 fully saturated rings. The number of hydrogen-bond donors (Lipinski definition) is 0. The van der Waals surface area contributed by atoms with Crippen LogP contribution >= 0.6 is 11.8 Å². The van der Waals surface area contributed by atoms with Crippen LogP contribution in [0.1, 0.15) is 10.8 Å². The first-order chi connectivity index (χ1) is 14.2. The molecule has 4 rings (SSSR count). The van der Waals surface area contributed by atoms with Crippen LogP contribution in [0.3, 0.4) is 0 Å². The maximum absolute atomic E-state index is 13.2. The molecule has 3 aromatic rings. The number of amides is 1. The summed E-state index contributed by atoms with van der Waals surface area (Å²) >= 11 is 1.27. The van der Waals surface area contributed by atoms with Gasteiger partial charge in [0.15, 0.2) is 0 Å². The van der Waals surface area contributed by atoms with Gasteiger partial charge in [-0.25, -0.2) is 0 Å².